The fraction of sp³-hybridized carbons (Fsp3) is 0.188. The summed E-state index contributed by atoms with van der Waals surface area (Å²) in [6.45, 7) is -2.57. The third-order valence-corrected chi connectivity index (χ3v) is 3.82. The lowest BCUT2D eigenvalue weighted by Crippen LogP contribution is -2.30. The molecule has 0 fully saturated rings. The van der Waals surface area contributed by atoms with Crippen LogP contribution in [0.2, 0.25) is 10.0 Å². The van der Waals surface area contributed by atoms with Gasteiger partial charge in [0.15, 0.2) is 0 Å². The molecule has 0 aliphatic rings. The maximum Gasteiger partial charge on any atom is 0.387 e. The first kappa shape index (κ1) is 18.3. The van der Waals surface area contributed by atoms with Crippen molar-refractivity contribution in [2.75, 3.05) is 12.4 Å². The molecule has 4 nitrogen and oxygen atoms in total. The van der Waals surface area contributed by atoms with Gasteiger partial charge in [-0.2, -0.15) is 8.78 Å². The molecular formula is C16H14Cl2F2N2O2. The molecule has 2 rings (SSSR count). The highest BCUT2D eigenvalue weighted by atomic mass is 35.5. The van der Waals surface area contributed by atoms with Gasteiger partial charge in [-0.3, -0.25) is 0 Å². The molecule has 2 aromatic rings. The number of ether oxygens (including phenoxy) is 1. The Bertz CT molecular complexity index is 712. The Hall–Kier alpha value is -2.05. The van der Waals surface area contributed by atoms with Crippen LogP contribution in [0.5, 0.6) is 5.75 Å². The molecule has 0 radical (unpaired) electrons. The number of hydrogen-bond acceptors (Lipinski definition) is 2. The number of carbonyl (C=O) groups is 1. The van der Waals surface area contributed by atoms with Gasteiger partial charge >= 0.3 is 12.6 Å². The van der Waals surface area contributed by atoms with Gasteiger partial charge in [-0.25, -0.2) is 4.79 Å². The summed E-state index contributed by atoms with van der Waals surface area (Å²) in [6, 6.07) is 10.5. The number of nitrogens with one attached hydrogen (secondary N) is 1. The standard InChI is InChI=1S/C16H14Cl2F2N2O2/c1-22(9-10-2-5-12(6-3-10)24-15(19)20)16(23)21-11-4-7-13(17)14(18)8-11/h2-8,15H,9H2,1H3,(H,21,23). The molecular weight excluding hydrogens is 361 g/mol. The summed E-state index contributed by atoms with van der Waals surface area (Å²) in [6.07, 6.45) is 0. The fourth-order valence-electron chi connectivity index (χ4n) is 1.91. The van der Waals surface area contributed by atoms with E-state index in [1.165, 1.54) is 17.0 Å². The largest absolute Gasteiger partial charge is 0.435 e. The molecule has 1 N–H and O–H groups in total. The molecule has 0 bridgehead atoms. The first-order chi connectivity index (χ1) is 11.3. The van der Waals surface area contributed by atoms with Gasteiger partial charge in [-0.1, -0.05) is 35.3 Å². The number of carbonyl (C=O) groups excluding carboxylic acids is 1. The lowest BCUT2D eigenvalue weighted by Gasteiger charge is -2.18. The Balaban J connectivity index is 1.94. The highest BCUT2D eigenvalue weighted by Crippen LogP contribution is 2.25. The van der Waals surface area contributed by atoms with E-state index in [-0.39, 0.29) is 11.8 Å². The second kappa shape index (κ2) is 8.17. The van der Waals surface area contributed by atoms with Crippen LogP contribution < -0.4 is 10.1 Å². The average Bonchev–Trinajstić information content (AvgIpc) is 2.52. The van der Waals surface area contributed by atoms with Gasteiger partial charge in [0.1, 0.15) is 5.75 Å². The van der Waals surface area contributed by atoms with Crippen LogP contribution in [0, 0.1) is 0 Å². The quantitative estimate of drug-likeness (QED) is 0.775. The smallest absolute Gasteiger partial charge is 0.387 e. The number of rotatable bonds is 5. The first-order valence-corrected chi connectivity index (χ1v) is 7.61. The highest BCUT2D eigenvalue weighted by molar-refractivity contribution is 6.42. The molecule has 0 aliphatic heterocycles. The van der Waals surface area contributed by atoms with Crippen LogP contribution in [0.25, 0.3) is 0 Å². The minimum absolute atomic E-state index is 0.0664. The maximum absolute atomic E-state index is 12.1. The van der Waals surface area contributed by atoms with E-state index in [4.69, 9.17) is 23.2 Å². The summed E-state index contributed by atoms with van der Waals surface area (Å²) >= 11 is 11.7. The lowest BCUT2D eigenvalue weighted by atomic mass is 10.2. The molecule has 0 saturated heterocycles. The molecule has 2 aromatic carbocycles. The summed E-state index contributed by atoms with van der Waals surface area (Å²) < 4.78 is 28.5. The Morgan fingerprint density at radius 3 is 2.42 bits per heavy atom. The summed E-state index contributed by atoms with van der Waals surface area (Å²) in [5.41, 5.74) is 1.28. The van der Waals surface area contributed by atoms with Gasteiger partial charge in [0.05, 0.1) is 10.0 Å². The molecule has 0 aromatic heterocycles. The van der Waals surface area contributed by atoms with Crippen molar-refractivity contribution in [1.29, 1.82) is 0 Å². The van der Waals surface area contributed by atoms with Gasteiger partial charge in [0.2, 0.25) is 0 Å². The number of nitrogens with zero attached hydrogens (tertiary/aromatic N) is 1. The molecule has 0 heterocycles. The number of hydrogen-bond donors (Lipinski definition) is 1. The van der Waals surface area contributed by atoms with E-state index in [0.717, 1.165) is 5.56 Å². The van der Waals surface area contributed by atoms with Crippen molar-refractivity contribution >= 4 is 34.9 Å². The zero-order valence-electron chi connectivity index (χ0n) is 12.6. The van der Waals surface area contributed by atoms with Crippen molar-refractivity contribution < 1.29 is 18.3 Å². The molecule has 0 saturated carbocycles. The molecule has 128 valence electrons. The van der Waals surface area contributed by atoms with Crippen LogP contribution in [-0.4, -0.2) is 24.6 Å². The SMILES string of the molecule is CN(Cc1ccc(OC(F)F)cc1)C(=O)Nc1ccc(Cl)c(Cl)c1. The third-order valence-electron chi connectivity index (χ3n) is 3.09. The second-order valence-electron chi connectivity index (χ2n) is 4.94. The number of urea groups is 1. The van der Waals surface area contributed by atoms with Crippen LogP contribution in [0.4, 0.5) is 19.3 Å². The molecule has 2 amide bonds. The Kier molecular flexibility index (Phi) is 6.23. The molecule has 0 spiro atoms. The van der Waals surface area contributed by atoms with E-state index >= 15 is 0 Å². The third kappa shape index (κ3) is 5.25. The van der Waals surface area contributed by atoms with E-state index in [1.54, 1.807) is 37.4 Å². The van der Waals surface area contributed by atoms with Gasteiger partial charge in [-0.05, 0) is 35.9 Å². The summed E-state index contributed by atoms with van der Waals surface area (Å²) in [4.78, 5) is 13.6. The monoisotopic (exact) mass is 374 g/mol. The normalized spacial score (nSPS) is 10.6. The van der Waals surface area contributed by atoms with Crippen molar-refractivity contribution in [3.63, 3.8) is 0 Å². The molecule has 8 heteroatoms. The second-order valence-corrected chi connectivity index (χ2v) is 5.75. The Morgan fingerprint density at radius 2 is 1.83 bits per heavy atom. The topological polar surface area (TPSA) is 41.6 Å². The zero-order valence-corrected chi connectivity index (χ0v) is 14.1. The maximum atomic E-state index is 12.1. The van der Waals surface area contributed by atoms with Gasteiger partial charge in [0, 0.05) is 19.3 Å². The summed E-state index contributed by atoms with van der Waals surface area (Å²) in [5, 5.41) is 3.42. The van der Waals surface area contributed by atoms with E-state index in [1.807, 2.05) is 0 Å². The number of amides is 2. The number of alkyl halides is 2. The van der Waals surface area contributed by atoms with Gasteiger partial charge in [0.25, 0.3) is 0 Å². The van der Waals surface area contributed by atoms with Crippen LogP contribution in [0.3, 0.4) is 0 Å². The molecule has 24 heavy (non-hydrogen) atoms. The number of anilines is 1. The van der Waals surface area contributed by atoms with Crippen molar-refractivity contribution in [2.24, 2.45) is 0 Å². The van der Waals surface area contributed by atoms with E-state index < -0.39 is 6.61 Å². The highest BCUT2D eigenvalue weighted by Gasteiger charge is 2.11. The summed E-state index contributed by atoms with van der Waals surface area (Å²) in [5.74, 6) is 0.0664. The minimum atomic E-state index is -2.87. The Labute approximate surface area is 147 Å². The van der Waals surface area contributed by atoms with Crippen LogP contribution in [0.15, 0.2) is 42.5 Å². The van der Waals surface area contributed by atoms with Crippen molar-refractivity contribution in [3.8, 4) is 5.75 Å². The van der Waals surface area contributed by atoms with Crippen LogP contribution >= 0.6 is 23.2 Å². The van der Waals surface area contributed by atoms with Gasteiger partial charge < -0.3 is 15.0 Å². The van der Waals surface area contributed by atoms with E-state index in [2.05, 4.69) is 10.1 Å². The van der Waals surface area contributed by atoms with Crippen LogP contribution in [-0.2, 0) is 6.54 Å². The van der Waals surface area contributed by atoms with Crippen LogP contribution in [0.1, 0.15) is 5.56 Å². The number of benzene rings is 2. The predicted molar refractivity (Wildman–Crippen MR) is 90.0 cm³/mol. The Morgan fingerprint density at radius 1 is 1.17 bits per heavy atom. The lowest BCUT2D eigenvalue weighted by molar-refractivity contribution is -0.0498. The summed E-state index contributed by atoms with van der Waals surface area (Å²) in [7, 11) is 1.61. The van der Waals surface area contributed by atoms with E-state index in [0.29, 0.717) is 22.3 Å². The molecule has 0 atom stereocenters. The van der Waals surface area contributed by atoms with E-state index in [9.17, 15) is 13.6 Å². The minimum Gasteiger partial charge on any atom is -0.435 e. The van der Waals surface area contributed by atoms with Crippen molar-refractivity contribution in [2.45, 2.75) is 13.2 Å². The number of halogens is 4. The first-order valence-electron chi connectivity index (χ1n) is 6.86. The van der Waals surface area contributed by atoms with Gasteiger partial charge in [-0.15, -0.1) is 0 Å². The average molecular weight is 375 g/mol. The van der Waals surface area contributed by atoms with Crippen molar-refractivity contribution in [3.05, 3.63) is 58.1 Å². The zero-order chi connectivity index (χ0) is 17.7. The van der Waals surface area contributed by atoms with Crippen molar-refractivity contribution in [1.82, 2.24) is 4.90 Å². The predicted octanol–water partition coefficient (Wildman–Crippen LogP) is 5.26. The molecule has 0 unspecified atom stereocenters. The fourth-order valence-corrected chi connectivity index (χ4v) is 2.21. The molecule has 0 aliphatic carbocycles.